The van der Waals surface area contributed by atoms with Crippen LogP contribution in [-0.2, 0) is 6.18 Å². The van der Waals surface area contributed by atoms with Gasteiger partial charge in [0, 0.05) is 6.54 Å². The van der Waals surface area contributed by atoms with Crippen molar-refractivity contribution in [3.05, 3.63) is 35.4 Å². The van der Waals surface area contributed by atoms with Crippen LogP contribution in [0.4, 0.5) is 13.2 Å². The molecule has 18 heavy (non-hydrogen) atoms. The molecule has 2 atom stereocenters. The summed E-state index contributed by atoms with van der Waals surface area (Å²) in [6.45, 7) is 2.08. The van der Waals surface area contributed by atoms with E-state index in [1.165, 1.54) is 25.0 Å². The Hall–Kier alpha value is -1.03. The minimum absolute atomic E-state index is 0.331. The molecule has 1 N–H and O–H groups in total. The monoisotopic (exact) mass is 255 g/mol. The zero-order chi connectivity index (χ0) is 12.8. The van der Waals surface area contributed by atoms with Gasteiger partial charge in [-0.1, -0.05) is 12.1 Å². The van der Waals surface area contributed by atoms with Gasteiger partial charge >= 0.3 is 6.18 Å². The SMILES string of the molecule is FC(F)(F)c1ccc([C@H]2C[C@]23CCCNC3)cc1. The fourth-order valence-corrected chi connectivity index (χ4v) is 3.19. The summed E-state index contributed by atoms with van der Waals surface area (Å²) in [5, 5.41) is 3.39. The summed E-state index contributed by atoms with van der Waals surface area (Å²) >= 11 is 0. The third-order valence-corrected chi connectivity index (χ3v) is 4.34. The molecular formula is C14H16F3N. The lowest BCUT2D eigenvalue weighted by atomic mass is 9.91. The summed E-state index contributed by atoms with van der Waals surface area (Å²) in [4.78, 5) is 0. The van der Waals surface area contributed by atoms with E-state index in [1.807, 2.05) is 0 Å². The average molecular weight is 255 g/mol. The van der Waals surface area contributed by atoms with Crippen molar-refractivity contribution in [2.75, 3.05) is 13.1 Å². The van der Waals surface area contributed by atoms with Crippen LogP contribution in [0, 0.1) is 5.41 Å². The fourth-order valence-electron chi connectivity index (χ4n) is 3.19. The Morgan fingerprint density at radius 2 is 1.89 bits per heavy atom. The minimum atomic E-state index is -4.23. The maximum absolute atomic E-state index is 12.5. The lowest BCUT2D eigenvalue weighted by Crippen LogP contribution is -2.31. The molecular weight excluding hydrogens is 239 g/mol. The summed E-state index contributed by atoms with van der Waals surface area (Å²) in [6.07, 6.45) is -0.736. The minimum Gasteiger partial charge on any atom is -0.316 e. The van der Waals surface area contributed by atoms with Crippen LogP contribution in [0.1, 0.15) is 36.3 Å². The van der Waals surface area contributed by atoms with Gasteiger partial charge in [0.05, 0.1) is 5.56 Å². The van der Waals surface area contributed by atoms with Crippen molar-refractivity contribution < 1.29 is 13.2 Å². The van der Waals surface area contributed by atoms with E-state index in [9.17, 15) is 13.2 Å². The van der Waals surface area contributed by atoms with Crippen LogP contribution >= 0.6 is 0 Å². The largest absolute Gasteiger partial charge is 0.416 e. The molecule has 2 aliphatic rings. The van der Waals surface area contributed by atoms with Gasteiger partial charge in [0.1, 0.15) is 0 Å². The molecule has 1 aromatic rings. The molecule has 0 aromatic heterocycles. The summed E-state index contributed by atoms with van der Waals surface area (Å²) in [5.41, 5.74) is 0.840. The van der Waals surface area contributed by atoms with Crippen molar-refractivity contribution in [1.29, 1.82) is 0 Å². The molecule has 1 aliphatic heterocycles. The first-order chi connectivity index (χ1) is 8.51. The zero-order valence-electron chi connectivity index (χ0n) is 10.1. The van der Waals surface area contributed by atoms with E-state index in [0.29, 0.717) is 11.3 Å². The Labute approximate surface area is 104 Å². The second-order valence-electron chi connectivity index (χ2n) is 5.52. The van der Waals surface area contributed by atoms with Crippen molar-refractivity contribution in [2.45, 2.75) is 31.4 Å². The van der Waals surface area contributed by atoms with Gasteiger partial charge in [-0.15, -0.1) is 0 Å². The molecule has 98 valence electrons. The van der Waals surface area contributed by atoms with Gasteiger partial charge in [-0.05, 0) is 54.8 Å². The van der Waals surface area contributed by atoms with E-state index in [0.717, 1.165) is 25.1 Å². The molecule has 1 aliphatic carbocycles. The number of piperidine rings is 1. The average Bonchev–Trinajstić information content (AvgIpc) is 3.03. The number of halogens is 3. The lowest BCUT2D eigenvalue weighted by Gasteiger charge is -2.23. The standard InChI is InChI=1S/C14H16F3N/c15-14(16,17)11-4-2-10(3-5-11)12-8-13(12)6-1-7-18-9-13/h2-5,12,18H,1,6-9H2/t12-,13+/m1/s1. The molecule has 0 bridgehead atoms. The third-order valence-electron chi connectivity index (χ3n) is 4.34. The maximum atomic E-state index is 12.5. The summed E-state index contributed by atoms with van der Waals surface area (Å²) in [6, 6.07) is 5.71. The normalized spacial score (nSPS) is 31.6. The second-order valence-corrected chi connectivity index (χ2v) is 5.52. The van der Waals surface area contributed by atoms with Gasteiger partial charge in [-0.25, -0.2) is 0 Å². The third kappa shape index (κ3) is 2.03. The van der Waals surface area contributed by atoms with Crippen LogP contribution in [0.5, 0.6) is 0 Å². The van der Waals surface area contributed by atoms with Crippen LogP contribution in [-0.4, -0.2) is 13.1 Å². The van der Waals surface area contributed by atoms with Gasteiger partial charge in [-0.3, -0.25) is 0 Å². The van der Waals surface area contributed by atoms with Crippen LogP contribution in [0.3, 0.4) is 0 Å². The molecule has 0 unspecified atom stereocenters. The predicted molar refractivity (Wildman–Crippen MR) is 63.3 cm³/mol. The Bertz CT molecular complexity index is 429. The Kier molecular flexibility index (Phi) is 2.66. The maximum Gasteiger partial charge on any atom is 0.416 e. The van der Waals surface area contributed by atoms with E-state index in [1.54, 1.807) is 12.1 Å². The van der Waals surface area contributed by atoms with E-state index in [2.05, 4.69) is 5.32 Å². The molecule has 1 aromatic carbocycles. The molecule has 0 amide bonds. The van der Waals surface area contributed by atoms with E-state index >= 15 is 0 Å². The van der Waals surface area contributed by atoms with Gasteiger partial charge in [0.25, 0.3) is 0 Å². The molecule has 4 heteroatoms. The first-order valence-corrected chi connectivity index (χ1v) is 6.39. The molecule has 1 saturated carbocycles. The van der Waals surface area contributed by atoms with Crippen LogP contribution in [0.2, 0.25) is 0 Å². The topological polar surface area (TPSA) is 12.0 Å². The van der Waals surface area contributed by atoms with Crippen molar-refractivity contribution in [3.63, 3.8) is 0 Å². The smallest absolute Gasteiger partial charge is 0.316 e. The van der Waals surface area contributed by atoms with Crippen LogP contribution < -0.4 is 5.32 Å². The highest BCUT2D eigenvalue weighted by atomic mass is 19.4. The number of nitrogens with one attached hydrogen (secondary N) is 1. The molecule has 1 spiro atoms. The summed E-state index contributed by atoms with van der Waals surface area (Å²) < 4.78 is 37.4. The van der Waals surface area contributed by atoms with Crippen molar-refractivity contribution in [2.24, 2.45) is 5.41 Å². The van der Waals surface area contributed by atoms with E-state index in [4.69, 9.17) is 0 Å². The van der Waals surface area contributed by atoms with E-state index < -0.39 is 11.7 Å². The predicted octanol–water partition coefficient (Wildman–Crippen LogP) is 3.56. The Morgan fingerprint density at radius 3 is 2.44 bits per heavy atom. The highest BCUT2D eigenvalue weighted by Crippen LogP contribution is 2.62. The van der Waals surface area contributed by atoms with Gasteiger partial charge < -0.3 is 5.32 Å². The van der Waals surface area contributed by atoms with Crippen molar-refractivity contribution in [1.82, 2.24) is 5.32 Å². The first-order valence-electron chi connectivity index (χ1n) is 6.39. The quantitative estimate of drug-likeness (QED) is 0.809. The van der Waals surface area contributed by atoms with Gasteiger partial charge in [0.15, 0.2) is 0 Å². The Morgan fingerprint density at radius 1 is 1.17 bits per heavy atom. The molecule has 1 nitrogen and oxygen atoms in total. The van der Waals surface area contributed by atoms with Crippen LogP contribution in [0.15, 0.2) is 24.3 Å². The molecule has 3 rings (SSSR count). The second kappa shape index (κ2) is 3.98. The van der Waals surface area contributed by atoms with E-state index in [-0.39, 0.29) is 0 Å². The number of hydrogen-bond acceptors (Lipinski definition) is 1. The number of alkyl halides is 3. The summed E-state index contributed by atoms with van der Waals surface area (Å²) in [7, 11) is 0. The number of benzene rings is 1. The van der Waals surface area contributed by atoms with Crippen molar-refractivity contribution in [3.8, 4) is 0 Å². The highest BCUT2D eigenvalue weighted by Gasteiger charge is 2.54. The molecule has 0 radical (unpaired) electrons. The Balaban J connectivity index is 1.75. The first kappa shape index (κ1) is 12.0. The molecule has 1 heterocycles. The van der Waals surface area contributed by atoms with Gasteiger partial charge in [0.2, 0.25) is 0 Å². The highest BCUT2D eigenvalue weighted by molar-refractivity contribution is 5.34. The number of rotatable bonds is 1. The van der Waals surface area contributed by atoms with Gasteiger partial charge in [-0.2, -0.15) is 13.2 Å². The zero-order valence-corrected chi connectivity index (χ0v) is 10.1. The number of hydrogen-bond donors (Lipinski definition) is 1. The molecule has 2 fully saturated rings. The molecule has 1 saturated heterocycles. The summed E-state index contributed by atoms with van der Waals surface area (Å²) in [5.74, 6) is 0.451. The fraction of sp³-hybridized carbons (Fsp3) is 0.571. The lowest BCUT2D eigenvalue weighted by molar-refractivity contribution is -0.137. The van der Waals surface area contributed by atoms with Crippen LogP contribution in [0.25, 0.3) is 0 Å². The van der Waals surface area contributed by atoms with Crippen molar-refractivity contribution >= 4 is 0 Å².